The van der Waals surface area contributed by atoms with Gasteiger partial charge >= 0.3 is 0 Å². The Kier molecular flexibility index (Phi) is 5.95. The van der Waals surface area contributed by atoms with Gasteiger partial charge in [-0.15, -0.1) is 18.3 Å². The quantitative estimate of drug-likeness (QED) is 0.613. The van der Waals surface area contributed by atoms with Crippen LogP contribution in [0.25, 0.3) is 0 Å². The van der Waals surface area contributed by atoms with E-state index in [1.807, 2.05) is 37.4 Å². The highest BCUT2D eigenvalue weighted by Gasteiger charge is 2.15. The summed E-state index contributed by atoms with van der Waals surface area (Å²) in [5.74, 6) is -0.142. The molecule has 0 saturated heterocycles. The highest BCUT2D eigenvalue weighted by atomic mass is 32.2. The molecular formula is C14H20N2OS. The van der Waals surface area contributed by atoms with E-state index < -0.39 is 6.04 Å². The van der Waals surface area contributed by atoms with Crippen LogP contribution in [0.3, 0.4) is 0 Å². The van der Waals surface area contributed by atoms with E-state index in [1.165, 1.54) is 4.90 Å². The third-order valence-corrected chi connectivity index (χ3v) is 3.48. The Labute approximate surface area is 113 Å². The van der Waals surface area contributed by atoms with Crippen LogP contribution in [0.5, 0.6) is 0 Å². The molecule has 0 aliphatic carbocycles. The van der Waals surface area contributed by atoms with E-state index in [9.17, 15) is 4.79 Å². The molecule has 1 aromatic rings. The highest BCUT2D eigenvalue weighted by molar-refractivity contribution is 7.98. The third kappa shape index (κ3) is 4.20. The fraction of sp³-hybridized carbons (Fsp3) is 0.357. The fourth-order valence-corrected chi connectivity index (χ4v) is 1.99. The van der Waals surface area contributed by atoms with Crippen molar-refractivity contribution in [1.29, 1.82) is 0 Å². The molecule has 2 unspecified atom stereocenters. The second-order valence-corrected chi connectivity index (χ2v) is 5.01. The monoisotopic (exact) mass is 264 g/mol. The van der Waals surface area contributed by atoms with Crippen LogP contribution in [0.15, 0.2) is 41.8 Å². The molecule has 0 bridgehead atoms. The Morgan fingerprint density at radius 1 is 1.50 bits per heavy atom. The number of carbonyl (C=O) groups excluding carboxylic acids is 1. The minimum Gasteiger partial charge on any atom is -0.348 e. The van der Waals surface area contributed by atoms with Crippen LogP contribution >= 0.6 is 11.8 Å². The zero-order valence-corrected chi connectivity index (χ0v) is 11.7. The van der Waals surface area contributed by atoms with Crippen LogP contribution in [-0.2, 0) is 4.79 Å². The van der Waals surface area contributed by atoms with Crippen LogP contribution in [0.1, 0.15) is 24.9 Å². The van der Waals surface area contributed by atoms with Crippen LogP contribution in [0.2, 0.25) is 0 Å². The van der Waals surface area contributed by atoms with Gasteiger partial charge in [0, 0.05) is 4.90 Å². The van der Waals surface area contributed by atoms with E-state index in [2.05, 4.69) is 11.9 Å². The highest BCUT2D eigenvalue weighted by Crippen LogP contribution is 2.18. The molecule has 1 amide bonds. The molecule has 0 aromatic heterocycles. The molecule has 0 saturated carbocycles. The van der Waals surface area contributed by atoms with E-state index in [1.54, 1.807) is 17.8 Å². The number of rotatable bonds is 6. The average molecular weight is 264 g/mol. The molecule has 3 N–H and O–H groups in total. The molecule has 0 aliphatic heterocycles. The Balaban J connectivity index is 2.61. The summed E-state index contributed by atoms with van der Waals surface area (Å²) in [6.07, 6.45) is 4.18. The maximum Gasteiger partial charge on any atom is 0.237 e. The molecule has 0 fully saturated rings. The predicted molar refractivity (Wildman–Crippen MR) is 77.6 cm³/mol. The molecule has 0 spiro atoms. The molecule has 18 heavy (non-hydrogen) atoms. The summed E-state index contributed by atoms with van der Waals surface area (Å²) >= 11 is 1.70. The Bertz CT molecular complexity index is 403. The lowest BCUT2D eigenvalue weighted by atomic mass is 10.1. The number of thioether (sulfide) groups is 1. The number of hydrogen-bond acceptors (Lipinski definition) is 3. The van der Waals surface area contributed by atoms with E-state index in [0.29, 0.717) is 6.42 Å². The summed E-state index contributed by atoms with van der Waals surface area (Å²) in [7, 11) is 0. The topological polar surface area (TPSA) is 55.1 Å². The van der Waals surface area contributed by atoms with Crippen molar-refractivity contribution in [2.45, 2.75) is 30.3 Å². The van der Waals surface area contributed by atoms with E-state index in [4.69, 9.17) is 5.73 Å². The number of nitrogens with one attached hydrogen (secondary N) is 1. The third-order valence-electron chi connectivity index (χ3n) is 2.73. The van der Waals surface area contributed by atoms with Crippen molar-refractivity contribution in [2.75, 3.05) is 6.26 Å². The van der Waals surface area contributed by atoms with Crippen LogP contribution in [-0.4, -0.2) is 18.2 Å². The van der Waals surface area contributed by atoms with Gasteiger partial charge in [-0.1, -0.05) is 18.2 Å². The molecular weight excluding hydrogens is 244 g/mol. The molecule has 1 rings (SSSR count). The van der Waals surface area contributed by atoms with Gasteiger partial charge in [0.25, 0.3) is 0 Å². The second kappa shape index (κ2) is 7.24. The fourth-order valence-electron chi connectivity index (χ4n) is 1.58. The van der Waals surface area contributed by atoms with Gasteiger partial charge in [0.2, 0.25) is 5.91 Å². The maximum atomic E-state index is 11.8. The zero-order chi connectivity index (χ0) is 13.5. The first kappa shape index (κ1) is 14.8. The molecule has 1 aromatic carbocycles. The van der Waals surface area contributed by atoms with Gasteiger partial charge in [-0.3, -0.25) is 4.79 Å². The molecule has 0 radical (unpaired) electrons. The van der Waals surface area contributed by atoms with Gasteiger partial charge in [0.05, 0.1) is 12.1 Å². The number of nitrogens with two attached hydrogens (primary N) is 1. The van der Waals surface area contributed by atoms with Gasteiger partial charge in [0.15, 0.2) is 0 Å². The minimum absolute atomic E-state index is 0.0377. The average Bonchev–Trinajstić information content (AvgIpc) is 2.39. The SMILES string of the molecule is C=CCC(N)C(=O)NC(C)c1ccc(SC)cc1. The Hall–Kier alpha value is -1.26. The minimum atomic E-state index is -0.518. The summed E-state index contributed by atoms with van der Waals surface area (Å²) in [6, 6.07) is 7.59. The van der Waals surface area contributed by atoms with Gasteiger partial charge in [0.1, 0.15) is 0 Å². The molecule has 0 aliphatic rings. The normalized spacial score (nSPS) is 13.7. The number of benzene rings is 1. The van der Waals surface area contributed by atoms with Crippen LogP contribution in [0, 0.1) is 0 Å². The molecule has 4 heteroatoms. The van der Waals surface area contributed by atoms with Crippen molar-refractivity contribution in [1.82, 2.24) is 5.32 Å². The summed E-state index contributed by atoms with van der Waals surface area (Å²) < 4.78 is 0. The zero-order valence-electron chi connectivity index (χ0n) is 10.8. The first-order chi connectivity index (χ1) is 8.58. The standard InChI is InChI=1S/C14H20N2OS/c1-4-5-13(15)14(17)16-10(2)11-6-8-12(18-3)9-7-11/h4,6-10,13H,1,5,15H2,2-3H3,(H,16,17). The number of hydrogen-bond donors (Lipinski definition) is 2. The molecule has 2 atom stereocenters. The maximum absolute atomic E-state index is 11.8. The summed E-state index contributed by atoms with van der Waals surface area (Å²) in [5.41, 5.74) is 6.79. The van der Waals surface area contributed by atoms with Crippen LogP contribution < -0.4 is 11.1 Å². The van der Waals surface area contributed by atoms with Crippen molar-refractivity contribution in [3.05, 3.63) is 42.5 Å². The van der Waals surface area contributed by atoms with Gasteiger partial charge < -0.3 is 11.1 Å². The predicted octanol–water partition coefficient (Wildman–Crippen LogP) is 2.49. The van der Waals surface area contributed by atoms with Gasteiger partial charge in [-0.25, -0.2) is 0 Å². The van der Waals surface area contributed by atoms with Crippen molar-refractivity contribution >= 4 is 17.7 Å². The second-order valence-electron chi connectivity index (χ2n) is 4.13. The number of amides is 1. The summed E-state index contributed by atoms with van der Waals surface area (Å²) in [4.78, 5) is 13.0. The molecule has 98 valence electrons. The largest absolute Gasteiger partial charge is 0.348 e. The first-order valence-electron chi connectivity index (χ1n) is 5.89. The van der Waals surface area contributed by atoms with Gasteiger partial charge in [-0.05, 0) is 37.3 Å². The van der Waals surface area contributed by atoms with Gasteiger partial charge in [-0.2, -0.15) is 0 Å². The van der Waals surface area contributed by atoms with Crippen molar-refractivity contribution in [2.24, 2.45) is 5.73 Å². The summed E-state index contributed by atoms with van der Waals surface area (Å²) in [6.45, 7) is 5.53. The lowest BCUT2D eigenvalue weighted by Crippen LogP contribution is -2.41. The van der Waals surface area contributed by atoms with Crippen molar-refractivity contribution < 1.29 is 4.79 Å². The summed E-state index contributed by atoms with van der Waals surface area (Å²) in [5, 5.41) is 2.90. The first-order valence-corrected chi connectivity index (χ1v) is 7.11. The smallest absolute Gasteiger partial charge is 0.237 e. The Morgan fingerprint density at radius 3 is 2.61 bits per heavy atom. The Morgan fingerprint density at radius 2 is 2.11 bits per heavy atom. The van der Waals surface area contributed by atoms with Crippen LogP contribution in [0.4, 0.5) is 0 Å². The van der Waals surface area contributed by atoms with Crippen molar-refractivity contribution in [3.8, 4) is 0 Å². The number of carbonyl (C=O) groups is 1. The van der Waals surface area contributed by atoms with E-state index in [0.717, 1.165) is 5.56 Å². The molecule has 0 heterocycles. The molecule has 3 nitrogen and oxygen atoms in total. The van der Waals surface area contributed by atoms with Crippen molar-refractivity contribution in [3.63, 3.8) is 0 Å². The van der Waals surface area contributed by atoms with E-state index >= 15 is 0 Å². The lowest BCUT2D eigenvalue weighted by Gasteiger charge is -2.17. The van der Waals surface area contributed by atoms with E-state index in [-0.39, 0.29) is 11.9 Å². The lowest BCUT2D eigenvalue weighted by molar-refractivity contribution is -0.122.